The van der Waals surface area contributed by atoms with Gasteiger partial charge in [-0.3, -0.25) is 4.79 Å². The summed E-state index contributed by atoms with van der Waals surface area (Å²) in [4.78, 5) is 17.9. The van der Waals surface area contributed by atoms with Crippen LogP contribution in [0.15, 0.2) is 18.3 Å². The number of nitrogens with zero attached hydrogens (tertiary/aromatic N) is 2. The van der Waals surface area contributed by atoms with Crippen LogP contribution in [0.3, 0.4) is 0 Å². The van der Waals surface area contributed by atoms with Crippen molar-refractivity contribution >= 4 is 11.7 Å². The molecule has 2 heterocycles. The first-order valence-corrected chi connectivity index (χ1v) is 6.95. The first-order valence-electron chi connectivity index (χ1n) is 6.95. The van der Waals surface area contributed by atoms with E-state index in [1.54, 1.807) is 0 Å². The number of nitrogens with two attached hydrogens (primary N) is 1. The fourth-order valence-corrected chi connectivity index (χ4v) is 2.58. The van der Waals surface area contributed by atoms with Gasteiger partial charge in [0.2, 0.25) is 5.91 Å². The van der Waals surface area contributed by atoms with Crippen LogP contribution in [0.25, 0.3) is 0 Å². The lowest BCUT2D eigenvalue weighted by Gasteiger charge is -2.20. The predicted molar refractivity (Wildman–Crippen MR) is 73.6 cm³/mol. The number of aromatic nitrogens is 1. The van der Waals surface area contributed by atoms with Crippen molar-refractivity contribution < 1.29 is 4.79 Å². The minimum Gasteiger partial charge on any atom is -0.369 e. The van der Waals surface area contributed by atoms with Crippen LogP contribution in [0, 0.1) is 5.92 Å². The van der Waals surface area contributed by atoms with E-state index in [1.165, 1.54) is 18.4 Å². The third-order valence-electron chi connectivity index (χ3n) is 3.92. The lowest BCUT2D eigenvalue weighted by Crippen LogP contribution is -2.28. The van der Waals surface area contributed by atoms with Gasteiger partial charge in [-0.1, -0.05) is 6.07 Å². The molecule has 1 saturated carbocycles. The molecule has 1 atom stereocenters. The highest BCUT2D eigenvalue weighted by molar-refractivity contribution is 5.78. The van der Waals surface area contributed by atoms with Crippen LogP contribution >= 0.6 is 0 Å². The summed E-state index contributed by atoms with van der Waals surface area (Å²) in [6.07, 6.45) is 5.21. The number of carbonyl (C=O) groups is 1. The maximum atomic E-state index is 11.2. The van der Waals surface area contributed by atoms with E-state index < -0.39 is 0 Å². The molecule has 19 heavy (non-hydrogen) atoms. The number of pyridine rings is 1. The molecule has 5 heteroatoms. The van der Waals surface area contributed by atoms with Crippen LogP contribution < -0.4 is 16.0 Å². The summed E-state index contributed by atoms with van der Waals surface area (Å²) in [5.74, 6) is 0.765. The number of hydrogen-bond donors (Lipinski definition) is 2. The molecule has 102 valence electrons. The van der Waals surface area contributed by atoms with Crippen LogP contribution in [0.1, 0.15) is 24.8 Å². The number of hydrogen-bond acceptors (Lipinski definition) is 4. The molecule has 2 aliphatic rings. The highest BCUT2D eigenvalue weighted by Gasteiger charge is 2.28. The molecule has 3 rings (SSSR count). The molecule has 1 aliphatic carbocycles. The quantitative estimate of drug-likeness (QED) is 0.815. The Morgan fingerprint density at radius 3 is 3.00 bits per heavy atom. The highest BCUT2D eigenvalue weighted by Crippen LogP contribution is 2.26. The van der Waals surface area contributed by atoms with E-state index >= 15 is 0 Å². The van der Waals surface area contributed by atoms with Crippen molar-refractivity contribution in [3.05, 3.63) is 23.9 Å². The first kappa shape index (κ1) is 12.4. The van der Waals surface area contributed by atoms with Gasteiger partial charge in [-0.05, 0) is 25.3 Å². The molecule has 1 unspecified atom stereocenters. The molecule has 0 spiro atoms. The molecule has 1 aliphatic heterocycles. The number of amides is 1. The minimum absolute atomic E-state index is 0.0359. The Morgan fingerprint density at radius 2 is 2.32 bits per heavy atom. The molecular weight excluding hydrogens is 240 g/mol. The maximum absolute atomic E-state index is 11.2. The van der Waals surface area contributed by atoms with Gasteiger partial charge in [0.15, 0.2) is 0 Å². The average molecular weight is 260 g/mol. The minimum atomic E-state index is -0.198. The van der Waals surface area contributed by atoms with Gasteiger partial charge in [0.1, 0.15) is 5.82 Å². The van der Waals surface area contributed by atoms with Crippen LogP contribution in [0.2, 0.25) is 0 Å². The van der Waals surface area contributed by atoms with E-state index in [2.05, 4.69) is 21.3 Å². The van der Waals surface area contributed by atoms with E-state index in [0.717, 1.165) is 25.3 Å². The zero-order valence-corrected chi connectivity index (χ0v) is 11.0. The highest BCUT2D eigenvalue weighted by atomic mass is 16.1. The van der Waals surface area contributed by atoms with Crippen LogP contribution in [0.4, 0.5) is 5.82 Å². The van der Waals surface area contributed by atoms with Gasteiger partial charge in [0.05, 0.1) is 5.92 Å². The van der Waals surface area contributed by atoms with Crippen LogP contribution in [0.5, 0.6) is 0 Å². The molecule has 3 N–H and O–H groups in total. The summed E-state index contributed by atoms with van der Waals surface area (Å²) in [6.45, 7) is 2.41. The summed E-state index contributed by atoms with van der Waals surface area (Å²) < 4.78 is 0. The van der Waals surface area contributed by atoms with E-state index in [1.807, 2.05) is 12.3 Å². The van der Waals surface area contributed by atoms with E-state index in [0.29, 0.717) is 12.6 Å². The molecule has 0 radical (unpaired) electrons. The van der Waals surface area contributed by atoms with E-state index in [9.17, 15) is 4.79 Å². The van der Waals surface area contributed by atoms with Crippen LogP contribution in [-0.2, 0) is 11.3 Å². The van der Waals surface area contributed by atoms with Crippen molar-refractivity contribution in [1.29, 1.82) is 0 Å². The summed E-state index contributed by atoms with van der Waals surface area (Å²) in [7, 11) is 0. The van der Waals surface area contributed by atoms with Gasteiger partial charge >= 0.3 is 0 Å². The molecule has 0 aromatic carbocycles. The second-order valence-electron chi connectivity index (χ2n) is 5.48. The Bertz CT molecular complexity index is 472. The van der Waals surface area contributed by atoms with E-state index in [-0.39, 0.29) is 11.8 Å². The summed E-state index contributed by atoms with van der Waals surface area (Å²) >= 11 is 0. The van der Waals surface area contributed by atoms with Crippen molar-refractivity contribution in [3.63, 3.8) is 0 Å². The zero-order valence-electron chi connectivity index (χ0n) is 11.0. The van der Waals surface area contributed by atoms with Crippen LogP contribution in [-0.4, -0.2) is 30.0 Å². The monoisotopic (exact) mass is 260 g/mol. The van der Waals surface area contributed by atoms with Crippen molar-refractivity contribution in [2.75, 3.05) is 18.0 Å². The summed E-state index contributed by atoms with van der Waals surface area (Å²) in [5.41, 5.74) is 6.59. The number of primary amides is 1. The normalized spacial score (nSPS) is 22.7. The first-order chi connectivity index (χ1) is 9.24. The number of carbonyl (C=O) groups excluding carboxylic acids is 1. The fraction of sp³-hybridized carbons (Fsp3) is 0.571. The Labute approximate surface area is 113 Å². The fourth-order valence-electron chi connectivity index (χ4n) is 2.58. The maximum Gasteiger partial charge on any atom is 0.222 e. The molecule has 2 fully saturated rings. The Balaban J connectivity index is 1.70. The SMILES string of the molecule is NC(=O)C1CCN(c2ncccc2CNC2CC2)C1. The number of nitrogens with one attached hydrogen (secondary N) is 1. The Hall–Kier alpha value is -1.62. The average Bonchev–Trinajstić information content (AvgIpc) is 3.11. The van der Waals surface area contributed by atoms with E-state index in [4.69, 9.17) is 5.73 Å². The van der Waals surface area contributed by atoms with Gasteiger partial charge in [-0.15, -0.1) is 0 Å². The molecule has 1 saturated heterocycles. The lowest BCUT2D eigenvalue weighted by atomic mass is 10.1. The number of anilines is 1. The Kier molecular flexibility index (Phi) is 3.38. The van der Waals surface area contributed by atoms with Crippen molar-refractivity contribution in [2.24, 2.45) is 11.7 Å². The molecule has 1 aromatic rings. The molecule has 5 nitrogen and oxygen atoms in total. The van der Waals surface area contributed by atoms with Crippen molar-refractivity contribution in [2.45, 2.75) is 31.8 Å². The van der Waals surface area contributed by atoms with Gasteiger partial charge in [0, 0.05) is 37.4 Å². The molecule has 1 aromatic heterocycles. The van der Waals surface area contributed by atoms with Crippen molar-refractivity contribution in [3.8, 4) is 0 Å². The van der Waals surface area contributed by atoms with Gasteiger partial charge in [-0.2, -0.15) is 0 Å². The largest absolute Gasteiger partial charge is 0.369 e. The Morgan fingerprint density at radius 1 is 1.47 bits per heavy atom. The van der Waals surface area contributed by atoms with Gasteiger partial charge in [-0.25, -0.2) is 4.98 Å². The molecular formula is C14H20N4O. The summed E-state index contributed by atoms with van der Waals surface area (Å²) in [5, 5.41) is 3.51. The third-order valence-corrected chi connectivity index (χ3v) is 3.92. The van der Waals surface area contributed by atoms with Crippen molar-refractivity contribution in [1.82, 2.24) is 10.3 Å². The van der Waals surface area contributed by atoms with Gasteiger partial charge in [0.25, 0.3) is 0 Å². The predicted octanol–water partition coefficient (Wildman–Crippen LogP) is 0.645. The molecule has 1 amide bonds. The third kappa shape index (κ3) is 2.87. The zero-order chi connectivity index (χ0) is 13.2. The second kappa shape index (κ2) is 5.17. The topological polar surface area (TPSA) is 71.2 Å². The summed E-state index contributed by atoms with van der Waals surface area (Å²) in [6, 6.07) is 4.76. The second-order valence-corrected chi connectivity index (χ2v) is 5.48. The number of rotatable bonds is 5. The smallest absolute Gasteiger partial charge is 0.222 e. The molecule has 0 bridgehead atoms. The standard InChI is InChI=1S/C14H20N4O/c15-13(19)11-5-7-18(9-11)14-10(2-1-6-16-14)8-17-12-3-4-12/h1-2,6,11-12,17H,3-5,7-9H2,(H2,15,19). The lowest BCUT2D eigenvalue weighted by molar-refractivity contribution is -0.121. The van der Waals surface area contributed by atoms with Gasteiger partial charge < -0.3 is 16.0 Å².